The predicted octanol–water partition coefficient (Wildman–Crippen LogP) is 27.1. The summed E-state index contributed by atoms with van der Waals surface area (Å²) in [5.41, 5.74) is 0.648. The smallest absolute Gasteiger partial charge is 0.200 e. The van der Waals surface area contributed by atoms with Crippen molar-refractivity contribution in [2.24, 2.45) is 0 Å². The van der Waals surface area contributed by atoms with Crippen molar-refractivity contribution < 1.29 is 114 Å². The van der Waals surface area contributed by atoms with Crippen LogP contribution in [0.1, 0.15) is 77.7 Å². The van der Waals surface area contributed by atoms with Gasteiger partial charge in [-0.25, -0.2) is 0 Å². The monoisotopic (exact) mass is 1830 g/mol. The van der Waals surface area contributed by atoms with Gasteiger partial charge in [0, 0.05) is 54.3 Å². The second-order valence-electron chi connectivity index (χ2n) is 32.0. The van der Waals surface area contributed by atoms with E-state index in [4.69, 9.17) is 0 Å². The van der Waals surface area contributed by atoms with Gasteiger partial charge in [0.15, 0.2) is 0 Å². The fourth-order valence-electron chi connectivity index (χ4n) is 12.9. The topological polar surface area (TPSA) is 0 Å². The molecule has 0 nitrogen and oxygen atoms in total. The van der Waals surface area contributed by atoms with Crippen molar-refractivity contribution in [3.8, 4) is 0 Å². The van der Waals surface area contributed by atoms with E-state index in [1.807, 2.05) is 73.4 Å². The maximum atomic E-state index is 14.6. The minimum absolute atomic E-state index is 0.0405. The van der Waals surface area contributed by atoms with Crippen LogP contribution in [-0.4, -0.2) is 158 Å². The summed E-state index contributed by atoms with van der Waals surface area (Å²) >= 11 is 0. The zero-order valence-electron chi connectivity index (χ0n) is 68.5. The molecule has 0 radical (unpaired) electrons. The first-order valence-corrected chi connectivity index (χ1v) is 54.8. The molecule has 0 aliphatic heterocycles. The van der Waals surface area contributed by atoms with Crippen LogP contribution in [0.15, 0.2) is 237 Å². The first-order valence-electron chi connectivity index (χ1n) is 38.1. The minimum Gasteiger partial charge on any atom is -0.200 e. The summed E-state index contributed by atoms with van der Waals surface area (Å²) < 4.78 is 351. The quantitative estimate of drug-likeness (QED) is 0.0218. The summed E-state index contributed by atoms with van der Waals surface area (Å²) in [5, 5.41) is 7.69. The molecular weight excluding hydrogens is 1720 g/mol. The van der Waals surface area contributed by atoms with Crippen molar-refractivity contribution in [2.45, 2.75) is 169 Å². The molecule has 0 aliphatic rings. The fourth-order valence-corrected chi connectivity index (χ4v) is 29.3. The van der Waals surface area contributed by atoms with E-state index in [0.717, 1.165) is 15.9 Å². The van der Waals surface area contributed by atoms with Crippen molar-refractivity contribution in [3.05, 3.63) is 242 Å². The standard InChI is InChI=1S/C30H29F13PSi.C21H17F13P.C19H18P.C13H30P.C4H12P/c1-44(22-13-6-4-7-14-22,23-15-8-5-9-16-23)24-17-11-10-12-21(24)20-45(2,3)19-18-25(31,32)26(33,34)27(35,36)28(37,38)29(39,40)30(41,42)43;1-35(14-8-4-2-5-9-14,15-10-6-3-7-11-15)13-12-16(22,23)17(24,25)18(26,27)19(28,29)20(30,31)21(32,33)34;1-20(17-11-5-2-6-12-17,18-13-7-3-8-14-18)19-15-9-4-10-16-19;1-5-8-11-14(4,12-9-6-2)13-10-7-3;1-5(2,3)4/h4-17H,18-20H2,1-3H3;2-11H,12-13H2,1H3;2-16H,1H3;5-13H2,1-4H3;1-4H3/q5*+1. The highest BCUT2D eigenvalue weighted by Gasteiger charge is 2.92. The minimum atomic E-state index is -7.89. The molecular formula is C87H106F26P5Si+5. The van der Waals surface area contributed by atoms with Gasteiger partial charge < -0.3 is 0 Å². The lowest BCUT2D eigenvalue weighted by molar-refractivity contribution is -0.439. The Morgan fingerprint density at radius 3 is 0.748 bits per heavy atom. The second-order valence-corrected chi connectivity index (χ2v) is 58.1. The Labute approximate surface area is 686 Å². The van der Waals surface area contributed by atoms with Crippen LogP contribution in [0.25, 0.3) is 0 Å². The van der Waals surface area contributed by atoms with Crippen LogP contribution >= 0.6 is 36.3 Å². The SMILES string of the molecule is CCCC[P+](C)(CCCC)CCCC.C[P+](C)(C)C.C[P+](CCC(F)(F)C(F)(F)C(F)(F)C(F)(F)C(F)(F)C(F)(F)F)(c1ccccc1)c1ccccc1.C[P+](c1ccccc1)(c1ccccc1)c1ccccc1.C[Si](C)(CCC(F)(F)C(F)(F)C(F)(F)C(F)(F)C(F)(F)C(F)(F)F)Cc1ccccc1[P+](C)(c1ccccc1)c1ccccc1. The predicted molar refractivity (Wildman–Crippen MR) is 452 cm³/mol. The molecule has 0 aromatic heterocycles. The van der Waals surface area contributed by atoms with E-state index in [9.17, 15) is 114 Å². The zero-order chi connectivity index (χ0) is 90.7. The van der Waals surface area contributed by atoms with Crippen molar-refractivity contribution in [1.82, 2.24) is 0 Å². The van der Waals surface area contributed by atoms with Crippen LogP contribution in [0.3, 0.4) is 0 Å². The van der Waals surface area contributed by atoms with Gasteiger partial charge in [0.05, 0.1) is 77.0 Å². The largest absolute Gasteiger partial charge is 0.460 e. The Hall–Kier alpha value is -5.69. The Kier molecular flexibility index (Phi) is 37.2. The van der Waals surface area contributed by atoms with E-state index in [1.165, 1.54) is 135 Å². The molecule has 0 aliphatic carbocycles. The number of unbranched alkanes of at least 4 members (excludes halogenated alkanes) is 3. The third kappa shape index (κ3) is 25.1. The van der Waals surface area contributed by atoms with E-state index in [0.29, 0.717) is 16.2 Å². The molecule has 0 unspecified atom stereocenters. The summed E-state index contributed by atoms with van der Waals surface area (Å²) in [5.74, 6) is -73.4. The normalized spacial score (nSPS) is 13.6. The van der Waals surface area contributed by atoms with Crippen LogP contribution in [0.4, 0.5) is 114 Å². The molecule has 0 N–H and O–H groups in total. The van der Waals surface area contributed by atoms with Gasteiger partial charge in [-0.15, -0.1) is 0 Å². The van der Waals surface area contributed by atoms with E-state index >= 15 is 0 Å². The van der Waals surface area contributed by atoms with Gasteiger partial charge in [-0.1, -0.05) is 205 Å². The number of halogens is 26. The molecule has 32 heteroatoms. The first kappa shape index (κ1) is 106. The van der Waals surface area contributed by atoms with Crippen LogP contribution in [0.5, 0.6) is 0 Å². The van der Waals surface area contributed by atoms with Gasteiger partial charge in [-0.2, -0.15) is 114 Å². The van der Waals surface area contributed by atoms with Crippen LogP contribution in [0.2, 0.25) is 19.1 Å². The summed E-state index contributed by atoms with van der Waals surface area (Å²) in [4.78, 5) is 0. The number of alkyl halides is 26. The number of hydrogen-bond donors (Lipinski definition) is 0. The van der Waals surface area contributed by atoms with Gasteiger partial charge in [0.1, 0.15) is 46.4 Å². The molecule has 0 spiro atoms. The molecule has 119 heavy (non-hydrogen) atoms. The third-order valence-electron chi connectivity index (χ3n) is 20.3. The maximum absolute atomic E-state index is 14.6. The van der Waals surface area contributed by atoms with Gasteiger partial charge in [-0.3, -0.25) is 0 Å². The van der Waals surface area contributed by atoms with E-state index < -0.39 is 134 Å². The Morgan fingerprint density at radius 2 is 0.487 bits per heavy atom. The van der Waals surface area contributed by atoms with Crippen LogP contribution < -0.4 is 42.4 Å². The summed E-state index contributed by atoms with van der Waals surface area (Å²) in [6.45, 7) is 27.5. The van der Waals surface area contributed by atoms with Crippen molar-refractivity contribution in [3.63, 3.8) is 0 Å². The molecule has 0 saturated carbocycles. The van der Waals surface area contributed by atoms with Crippen molar-refractivity contribution >= 4 is 86.8 Å². The third-order valence-corrected chi connectivity index (χ3v) is 39.5. The lowest BCUT2D eigenvalue weighted by Gasteiger charge is -2.40. The average Bonchev–Trinajstić information content (AvgIpc) is 0.707. The highest BCUT2D eigenvalue weighted by molar-refractivity contribution is 7.95. The molecule has 660 valence electrons. The zero-order valence-corrected chi connectivity index (χ0v) is 74.0. The Bertz CT molecular complexity index is 4080. The second kappa shape index (κ2) is 41.9. The molecule has 8 aromatic carbocycles. The van der Waals surface area contributed by atoms with E-state index in [1.54, 1.807) is 36.7 Å². The highest BCUT2D eigenvalue weighted by atomic mass is 31.2. The molecule has 0 atom stereocenters. The summed E-state index contributed by atoms with van der Waals surface area (Å²) in [7, 11) is -11.1. The lowest BCUT2D eigenvalue weighted by Crippen LogP contribution is -2.70. The lowest BCUT2D eigenvalue weighted by atomic mass is 9.93. The average molecular weight is 1830 g/mol. The number of rotatable bonds is 33. The molecule has 0 amide bonds. The van der Waals surface area contributed by atoms with Crippen molar-refractivity contribution in [1.29, 1.82) is 0 Å². The molecule has 0 heterocycles. The van der Waals surface area contributed by atoms with Gasteiger partial charge >= 0.3 is 71.6 Å². The van der Waals surface area contributed by atoms with Gasteiger partial charge in [-0.05, 0) is 122 Å². The Morgan fingerprint density at radius 1 is 0.261 bits per heavy atom. The van der Waals surface area contributed by atoms with Crippen LogP contribution in [0, 0.1) is 0 Å². The molecule has 8 aromatic rings. The summed E-state index contributed by atoms with van der Waals surface area (Å²) in [6.07, 6.45) is -6.97. The molecule has 8 rings (SSSR count). The first-order chi connectivity index (χ1) is 54.5. The van der Waals surface area contributed by atoms with Gasteiger partial charge in [0.25, 0.3) is 0 Å². The highest BCUT2D eigenvalue weighted by Crippen LogP contribution is 2.65. The van der Waals surface area contributed by atoms with E-state index in [2.05, 4.69) is 152 Å². The number of benzene rings is 8. The molecule has 0 saturated heterocycles. The number of hydrogen-bond acceptors (Lipinski definition) is 0. The van der Waals surface area contributed by atoms with Crippen molar-refractivity contribution in [2.75, 3.05) is 78.0 Å². The molecule has 0 fully saturated rings. The summed E-state index contributed by atoms with van der Waals surface area (Å²) in [6, 6.07) is 72.1. The van der Waals surface area contributed by atoms with Crippen LogP contribution in [-0.2, 0) is 6.04 Å². The Balaban J connectivity index is 0.000000353. The van der Waals surface area contributed by atoms with Gasteiger partial charge in [0.2, 0.25) is 0 Å². The van der Waals surface area contributed by atoms with E-state index in [-0.39, 0.29) is 13.3 Å². The molecule has 0 bridgehead atoms. The maximum Gasteiger partial charge on any atom is 0.460 e. The fraction of sp³-hybridized carbons (Fsp3) is 0.448.